The lowest BCUT2D eigenvalue weighted by molar-refractivity contribution is 0.569. The van der Waals surface area contributed by atoms with Crippen molar-refractivity contribution in [3.63, 3.8) is 0 Å². The van der Waals surface area contributed by atoms with E-state index < -0.39 is 5.82 Å². The summed E-state index contributed by atoms with van der Waals surface area (Å²) in [5.41, 5.74) is 2.34. The number of benzene rings is 1. The van der Waals surface area contributed by atoms with Gasteiger partial charge in [-0.25, -0.2) is 8.78 Å². The molecule has 3 rings (SSSR count). The first-order valence-electron chi connectivity index (χ1n) is 5.99. The van der Waals surface area contributed by atoms with E-state index in [0.717, 1.165) is 18.3 Å². The minimum Gasteiger partial charge on any atom is -0.312 e. The van der Waals surface area contributed by atoms with Gasteiger partial charge >= 0.3 is 0 Å². The zero-order valence-corrected chi connectivity index (χ0v) is 10.8. The van der Waals surface area contributed by atoms with Crippen molar-refractivity contribution in [2.45, 2.75) is 13.0 Å². The number of rotatable bonds is 1. The summed E-state index contributed by atoms with van der Waals surface area (Å²) >= 11 is 6.03. The van der Waals surface area contributed by atoms with Crippen LogP contribution in [0.3, 0.4) is 0 Å². The van der Waals surface area contributed by atoms with Crippen molar-refractivity contribution in [2.75, 3.05) is 6.54 Å². The first-order chi connectivity index (χ1) is 9.18. The van der Waals surface area contributed by atoms with Crippen LogP contribution >= 0.6 is 11.6 Å². The summed E-state index contributed by atoms with van der Waals surface area (Å²) in [6.07, 6.45) is 3.11. The van der Waals surface area contributed by atoms with E-state index in [0.29, 0.717) is 24.1 Å². The van der Waals surface area contributed by atoms with Crippen LogP contribution in [0.1, 0.15) is 11.1 Å². The van der Waals surface area contributed by atoms with E-state index in [9.17, 15) is 8.78 Å². The standard InChI is InChI=1S/C14H11ClF2N2/c15-11-6-19-7-13(17)14(11)9-1-2-12(16)8-3-4-18-5-10(8)9/h1-2,6-7,18H,3-5H2. The van der Waals surface area contributed by atoms with E-state index in [4.69, 9.17) is 11.6 Å². The van der Waals surface area contributed by atoms with E-state index in [1.54, 1.807) is 6.07 Å². The van der Waals surface area contributed by atoms with Gasteiger partial charge in [-0.3, -0.25) is 4.98 Å². The molecule has 0 aliphatic carbocycles. The normalized spacial score (nSPS) is 14.3. The molecule has 0 fully saturated rings. The van der Waals surface area contributed by atoms with Gasteiger partial charge in [0.15, 0.2) is 5.82 Å². The molecular formula is C14H11ClF2N2. The molecule has 0 saturated heterocycles. The number of halogens is 3. The zero-order valence-electron chi connectivity index (χ0n) is 10.0. The number of hydrogen-bond donors (Lipinski definition) is 1. The van der Waals surface area contributed by atoms with Crippen LogP contribution in [0.15, 0.2) is 24.5 Å². The Bertz CT molecular complexity index is 623. The molecule has 2 heterocycles. The van der Waals surface area contributed by atoms with E-state index in [1.807, 2.05) is 0 Å². The molecule has 1 aliphatic rings. The maximum absolute atomic E-state index is 13.9. The van der Waals surface area contributed by atoms with Crippen molar-refractivity contribution in [1.29, 1.82) is 0 Å². The van der Waals surface area contributed by atoms with Gasteiger partial charge in [-0.2, -0.15) is 0 Å². The minimum absolute atomic E-state index is 0.236. The van der Waals surface area contributed by atoms with Crippen LogP contribution in [0.5, 0.6) is 0 Å². The molecule has 0 bridgehead atoms. The molecule has 0 unspecified atom stereocenters. The van der Waals surface area contributed by atoms with Crippen LogP contribution in [0.2, 0.25) is 5.02 Å². The number of nitrogens with zero attached hydrogens (tertiary/aromatic N) is 1. The number of pyridine rings is 1. The third-order valence-corrected chi connectivity index (χ3v) is 3.64. The zero-order chi connectivity index (χ0) is 13.4. The van der Waals surface area contributed by atoms with Crippen LogP contribution in [-0.2, 0) is 13.0 Å². The summed E-state index contributed by atoms with van der Waals surface area (Å²) < 4.78 is 27.7. The molecule has 0 saturated carbocycles. The SMILES string of the molecule is Fc1ccc(-c2c(F)cncc2Cl)c2c1CCNC2. The average molecular weight is 281 g/mol. The van der Waals surface area contributed by atoms with Gasteiger partial charge in [-0.1, -0.05) is 17.7 Å². The molecule has 0 amide bonds. The van der Waals surface area contributed by atoms with E-state index in [-0.39, 0.29) is 16.4 Å². The third-order valence-electron chi connectivity index (χ3n) is 3.35. The van der Waals surface area contributed by atoms with Crippen LogP contribution in [-0.4, -0.2) is 11.5 Å². The van der Waals surface area contributed by atoms with Gasteiger partial charge in [0.25, 0.3) is 0 Å². The quantitative estimate of drug-likeness (QED) is 0.867. The van der Waals surface area contributed by atoms with E-state index in [1.165, 1.54) is 12.3 Å². The number of aromatic nitrogens is 1. The van der Waals surface area contributed by atoms with Crippen LogP contribution < -0.4 is 5.32 Å². The number of nitrogens with one attached hydrogen (secondary N) is 1. The van der Waals surface area contributed by atoms with Crippen molar-refractivity contribution < 1.29 is 8.78 Å². The topological polar surface area (TPSA) is 24.9 Å². The summed E-state index contributed by atoms with van der Waals surface area (Å²) in [6.45, 7) is 1.24. The van der Waals surface area contributed by atoms with Gasteiger partial charge in [0, 0.05) is 18.3 Å². The van der Waals surface area contributed by atoms with Crippen molar-refractivity contribution in [2.24, 2.45) is 0 Å². The molecule has 2 nitrogen and oxygen atoms in total. The Balaban J connectivity index is 2.26. The minimum atomic E-state index is -0.494. The number of fused-ring (bicyclic) bond motifs is 1. The highest BCUT2D eigenvalue weighted by atomic mass is 35.5. The van der Waals surface area contributed by atoms with E-state index in [2.05, 4.69) is 10.3 Å². The molecule has 0 atom stereocenters. The molecule has 1 aromatic heterocycles. The third kappa shape index (κ3) is 2.11. The van der Waals surface area contributed by atoms with Gasteiger partial charge in [0.05, 0.1) is 11.2 Å². The lowest BCUT2D eigenvalue weighted by Gasteiger charge is -2.21. The lowest BCUT2D eigenvalue weighted by Crippen LogP contribution is -2.25. The van der Waals surface area contributed by atoms with Crippen LogP contribution in [0.4, 0.5) is 8.78 Å². The second-order valence-corrected chi connectivity index (χ2v) is 4.86. The Kier molecular flexibility index (Phi) is 3.21. The highest BCUT2D eigenvalue weighted by Crippen LogP contribution is 2.35. The Hall–Kier alpha value is -1.52. The number of hydrogen-bond acceptors (Lipinski definition) is 2. The molecule has 0 spiro atoms. The average Bonchev–Trinajstić information content (AvgIpc) is 2.41. The summed E-state index contributed by atoms with van der Waals surface area (Å²) in [6, 6.07) is 2.95. The summed E-state index contributed by atoms with van der Waals surface area (Å²) in [4.78, 5) is 3.70. The van der Waals surface area contributed by atoms with E-state index >= 15 is 0 Å². The molecule has 0 radical (unpaired) electrons. The monoisotopic (exact) mass is 280 g/mol. The molecule has 2 aromatic rings. The van der Waals surface area contributed by atoms with Crippen LogP contribution in [0.25, 0.3) is 11.1 Å². The maximum atomic E-state index is 13.9. The summed E-state index contributed by atoms with van der Waals surface area (Å²) in [5, 5.41) is 3.40. The van der Waals surface area contributed by atoms with Crippen LogP contribution in [0, 0.1) is 11.6 Å². The Morgan fingerprint density at radius 3 is 2.74 bits per heavy atom. The van der Waals surface area contributed by atoms with Gasteiger partial charge in [-0.05, 0) is 35.7 Å². The Morgan fingerprint density at radius 1 is 1.11 bits per heavy atom. The van der Waals surface area contributed by atoms with Crippen molar-refractivity contribution >= 4 is 11.6 Å². The highest BCUT2D eigenvalue weighted by molar-refractivity contribution is 6.33. The lowest BCUT2D eigenvalue weighted by atomic mass is 9.91. The van der Waals surface area contributed by atoms with Crippen molar-refractivity contribution in [1.82, 2.24) is 10.3 Å². The highest BCUT2D eigenvalue weighted by Gasteiger charge is 2.21. The van der Waals surface area contributed by atoms with Crippen molar-refractivity contribution in [3.8, 4) is 11.1 Å². The van der Waals surface area contributed by atoms with Gasteiger partial charge in [0.1, 0.15) is 5.82 Å². The smallest absolute Gasteiger partial charge is 0.150 e. The van der Waals surface area contributed by atoms with Gasteiger partial charge in [0.2, 0.25) is 0 Å². The predicted octanol–water partition coefficient (Wildman–Crippen LogP) is 3.33. The Labute approximate surface area is 114 Å². The molecule has 19 heavy (non-hydrogen) atoms. The fourth-order valence-corrected chi connectivity index (χ4v) is 2.71. The maximum Gasteiger partial charge on any atom is 0.150 e. The van der Waals surface area contributed by atoms with Crippen molar-refractivity contribution in [3.05, 3.63) is 52.3 Å². The second kappa shape index (κ2) is 4.87. The Morgan fingerprint density at radius 2 is 1.95 bits per heavy atom. The molecule has 1 aromatic carbocycles. The first kappa shape index (κ1) is 12.5. The fourth-order valence-electron chi connectivity index (χ4n) is 2.47. The fraction of sp³-hybridized carbons (Fsp3) is 0.214. The molecule has 1 N–H and O–H groups in total. The second-order valence-electron chi connectivity index (χ2n) is 4.46. The molecular weight excluding hydrogens is 270 g/mol. The molecule has 1 aliphatic heterocycles. The first-order valence-corrected chi connectivity index (χ1v) is 6.36. The molecule has 5 heteroatoms. The largest absolute Gasteiger partial charge is 0.312 e. The molecule has 98 valence electrons. The summed E-state index contributed by atoms with van der Waals surface area (Å²) in [5.74, 6) is -0.738. The predicted molar refractivity (Wildman–Crippen MR) is 70.0 cm³/mol. The van der Waals surface area contributed by atoms with Gasteiger partial charge < -0.3 is 5.32 Å². The summed E-state index contributed by atoms with van der Waals surface area (Å²) in [7, 11) is 0. The van der Waals surface area contributed by atoms with Gasteiger partial charge in [-0.15, -0.1) is 0 Å².